The van der Waals surface area contributed by atoms with Gasteiger partial charge in [-0.25, -0.2) is 9.97 Å². The van der Waals surface area contributed by atoms with Gasteiger partial charge in [0.1, 0.15) is 0 Å². The van der Waals surface area contributed by atoms with Gasteiger partial charge in [0.15, 0.2) is 0 Å². The molecule has 1 saturated heterocycles. The summed E-state index contributed by atoms with van der Waals surface area (Å²) >= 11 is 2.03. The monoisotopic (exact) mass is 294 g/mol. The molecule has 2 rings (SSSR count). The van der Waals surface area contributed by atoms with E-state index in [1.165, 1.54) is 5.56 Å². The average Bonchev–Trinajstić information content (AvgIpc) is 2.36. The highest BCUT2D eigenvalue weighted by atomic mass is 32.2. The number of aromatic nitrogens is 2. The highest BCUT2D eigenvalue weighted by Crippen LogP contribution is 2.31. The zero-order chi connectivity index (χ0) is 14.8. The van der Waals surface area contributed by atoms with Crippen LogP contribution >= 0.6 is 11.8 Å². The van der Waals surface area contributed by atoms with E-state index in [4.69, 9.17) is 4.98 Å². The molecule has 112 valence electrons. The maximum Gasteiger partial charge on any atom is 0.225 e. The van der Waals surface area contributed by atoms with E-state index in [1.807, 2.05) is 18.0 Å². The summed E-state index contributed by atoms with van der Waals surface area (Å²) in [6.45, 7) is 13.8. The van der Waals surface area contributed by atoms with E-state index in [0.717, 1.165) is 37.0 Å². The van der Waals surface area contributed by atoms with Crippen LogP contribution in [0.2, 0.25) is 0 Å². The molecule has 0 spiro atoms. The molecule has 2 heterocycles. The van der Waals surface area contributed by atoms with Crippen molar-refractivity contribution in [3.8, 4) is 0 Å². The molecule has 0 amide bonds. The second-order valence-corrected chi connectivity index (χ2v) is 8.15. The van der Waals surface area contributed by atoms with Crippen LogP contribution < -0.4 is 10.2 Å². The van der Waals surface area contributed by atoms with Crippen molar-refractivity contribution in [3.63, 3.8) is 0 Å². The van der Waals surface area contributed by atoms with Gasteiger partial charge in [0.05, 0.1) is 0 Å². The molecule has 4 nitrogen and oxygen atoms in total. The van der Waals surface area contributed by atoms with E-state index in [-0.39, 0.29) is 4.75 Å². The highest BCUT2D eigenvalue weighted by molar-refractivity contribution is 8.00. The molecule has 1 aromatic heterocycles. The van der Waals surface area contributed by atoms with Gasteiger partial charge in [-0.3, -0.25) is 0 Å². The lowest BCUT2D eigenvalue weighted by atomic mass is 10.2. The van der Waals surface area contributed by atoms with E-state index in [2.05, 4.69) is 49.8 Å². The van der Waals surface area contributed by atoms with Crippen molar-refractivity contribution >= 4 is 17.7 Å². The zero-order valence-corrected chi connectivity index (χ0v) is 14.0. The number of thioether (sulfide) groups is 1. The van der Waals surface area contributed by atoms with Crippen molar-refractivity contribution in [1.29, 1.82) is 0 Å². The maximum atomic E-state index is 4.71. The van der Waals surface area contributed by atoms with Gasteiger partial charge in [-0.15, -0.1) is 0 Å². The number of hydrogen-bond acceptors (Lipinski definition) is 5. The first-order valence-electron chi connectivity index (χ1n) is 7.32. The Kier molecular flexibility index (Phi) is 4.91. The SMILES string of the molecule is Cc1nc(N2CCSC(C)(C)C2)ncc1CNC(C)C. The summed E-state index contributed by atoms with van der Waals surface area (Å²) in [5.41, 5.74) is 2.27. The first kappa shape index (κ1) is 15.6. The molecule has 0 atom stereocenters. The van der Waals surface area contributed by atoms with Crippen LogP contribution in [0.25, 0.3) is 0 Å². The number of hydrogen-bond donors (Lipinski definition) is 1. The Bertz CT molecular complexity index is 459. The number of anilines is 1. The van der Waals surface area contributed by atoms with Crippen LogP contribution in [0.4, 0.5) is 5.95 Å². The molecule has 1 aliphatic heterocycles. The van der Waals surface area contributed by atoms with Gasteiger partial charge in [-0.2, -0.15) is 11.8 Å². The van der Waals surface area contributed by atoms with Crippen molar-refractivity contribution in [1.82, 2.24) is 15.3 Å². The first-order valence-corrected chi connectivity index (χ1v) is 8.31. The van der Waals surface area contributed by atoms with Crippen molar-refractivity contribution in [2.45, 2.75) is 52.0 Å². The molecule has 0 radical (unpaired) electrons. The fourth-order valence-electron chi connectivity index (χ4n) is 2.31. The number of nitrogens with one attached hydrogen (secondary N) is 1. The van der Waals surface area contributed by atoms with Crippen LogP contribution in [-0.2, 0) is 6.54 Å². The van der Waals surface area contributed by atoms with Crippen molar-refractivity contribution in [2.24, 2.45) is 0 Å². The molecule has 1 N–H and O–H groups in total. The lowest BCUT2D eigenvalue weighted by molar-refractivity contribution is 0.583. The third-order valence-corrected chi connectivity index (χ3v) is 4.77. The van der Waals surface area contributed by atoms with Gasteiger partial charge in [0.25, 0.3) is 0 Å². The normalized spacial score (nSPS) is 18.6. The minimum absolute atomic E-state index is 0.285. The Morgan fingerprint density at radius 3 is 2.80 bits per heavy atom. The molecule has 0 unspecified atom stereocenters. The molecule has 1 aromatic rings. The maximum absolute atomic E-state index is 4.71. The predicted octanol–water partition coefficient (Wildman–Crippen LogP) is 2.61. The van der Waals surface area contributed by atoms with Crippen LogP contribution in [0.15, 0.2) is 6.20 Å². The molecule has 0 saturated carbocycles. The summed E-state index contributed by atoms with van der Waals surface area (Å²) in [5.74, 6) is 2.02. The second kappa shape index (κ2) is 6.31. The van der Waals surface area contributed by atoms with Crippen LogP contribution in [0.3, 0.4) is 0 Å². The van der Waals surface area contributed by atoms with Crippen LogP contribution in [-0.4, -0.2) is 39.6 Å². The third kappa shape index (κ3) is 4.09. The summed E-state index contributed by atoms with van der Waals surface area (Å²) < 4.78 is 0.285. The smallest absolute Gasteiger partial charge is 0.225 e. The topological polar surface area (TPSA) is 41.1 Å². The van der Waals surface area contributed by atoms with E-state index in [9.17, 15) is 0 Å². The minimum Gasteiger partial charge on any atom is -0.339 e. The van der Waals surface area contributed by atoms with Crippen LogP contribution in [0.1, 0.15) is 39.0 Å². The van der Waals surface area contributed by atoms with Crippen LogP contribution in [0, 0.1) is 6.92 Å². The summed E-state index contributed by atoms with van der Waals surface area (Å²) in [5, 5.41) is 3.42. The fraction of sp³-hybridized carbons (Fsp3) is 0.733. The van der Waals surface area contributed by atoms with Crippen molar-refractivity contribution in [2.75, 3.05) is 23.7 Å². The number of aryl methyl sites for hydroxylation is 1. The quantitative estimate of drug-likeness (QED) is 0.924. The average molecular weight is 294 g/mol. The second-order valence-electron chi connectivity index (χ2n) is 6.35. The van der Waals surface area contributed by atoms with Crippen LogP contribution in [0.5, 0.6) is 0 Å². The van der Waals surface area contributed by atoms with Gasteiger partial charge in [0, 0.05) is 53.6 Å². The van der Waals surface area contributed by atoms with Gasteiger partial charge < -0.3 is 10.2 Å². The lowest BCUT2D eigenvalue weighted by Crippen LogP contribution is -2.44. The largest absolute Gasteiger partial charge is 0.339 e. The molecule has 5 heteroatoms. The molecule has 1 aliphatic rings. The van der Waals surface area contributed by atoms with Gasteiger partial charge in [-0.1, -0.05) is 13.8 Å². The Morgan fingerprint density at radius 1 is 1.45 bits per heavy atom. The Labute approximate surface area is 126 Å². The standard InChI is InChI=1S/C15H26N4S/c1-11(2)16-8-13-9-17-14(18-12(13)3)19-6-7-20-15(4,5)10-19/h9,11,16H,6-8,10H2,1-5H3. The van der Waals surface area contributed by atoms with Gasteiger partial charge in [0.2, 0.25) is 5.95 Å². The van der Waals surface area contributed by atoms with Gasteiger partial charge in [-0.05, 0) is 20.8 Å². The minimum atomic E-state index is 0.285. The molecule has 20 heavy (non-hydrogen) atoms. The van der Waals surface area contributed by atoms with E-state index >= 15 is 0 Å². The molecule has 0 bridgehead atoms. The van der Waals surface area contributed by atoms with E-state index < -0.39 is 0 Å². The first-order chi connectivity index (χ1) is 9.37. The Morgan fingerprint density at radius 2 is 2.20 bits per heavy atom. The molecular weight excluding hydrogens is 268 g/mol. The number of nitrogens with zero attached hydrogens (tertiary/aromatic N) is 3. The third-order valence-electron chi connectivity index (χ3n) is 3.48. The van der Waals surface area contributed by atoms with E-state index in [0.29, 0.717) is 6.04 Å². The fourth-order valence-corrected chi connectivity index (χ4v) is 3.42. The highest BCUT2D eigenvalue weighted by Gasteiger charge is 2.28. The molecule has 0 aromatic carbocycles. The molecule has 0 aliphatic carbocycles. The number of rotatable bonds is 4. The van der Waals surface area contributed by atoms with Gasteiger partial charge >= 0.3 is 0 Å². The Balaban J connectivity index is 2.08. The van der Waals surface area contributed by atoms with Crippen molar-refractivity contribution < 1.29 is 0 Å². The predicted molar refractivity (Wildman–Crippen MR) is 87.5 cm³/mol. The summed E-state index contributed by atoms with van der Waals surface area (Å²) in [6.07, 6.45) is 1.97. The van der Waals surface area contributed by atoms with E-state index in [1.54, 1.807) is 0 Å². The van der Waals surface area contributed by atoms with Crippen molar-refractivity contribution in [3.05, 3.63) is 17.5 Å². The Hall–Kier alpha value is -0.810. The summed E-state index contributed by atoms with van der Waals surface area (Å²) in [6, 6.07) is 0.481. The molecular formula is C15H26N4S. The lowest BCUT2D eigenvalue weighted by Gasteiger charge is -2.37. The zero-order valence-electron chi connectivity index (χ0n) is 13.2. The summed E-state index contributed by atoms with van der Waals surface area (Å²) in [4.78, 5) is 11.6. The summed E-state index contributed by atoms with van der Waals surface area (Å²) in [7, 11) is 0. The molecule has 1 fully saturated rings.